The van der Waals surface area contributed by atoms with Crippen LogP contribution in [-0.2, 0) is 69.0 Å². The van der Waals surface area contributed by atoms with Crippen LogP contribution in [0.4, 0.5) is 0 Å². The van der Waals surface area contributed by atoms with Gasteiger partial charge in [0.25, 0.3) is 11.8 Å². The van der Waals surface area contributed by atoms with E-state index in [-0.39, 0.29) is 47.2 Å². The van der Waals surface area contributed by atoms with Crippen molar-refractivity contribution in [2.24, 2.45) is 17.6 Å². The van der Waals surface area contributed by atoms with Crippen molar-refractivity contribution in [2.45, 2.75) is 126 Å². The van der Waals surface area contributed by atoms with E-state index in [0.717, 1.165) is 9.80 Å². The number of nitrogens with zero attached hydrogens (tertiary/aromatic N) is 2. The van der Waals surface area contributed by atoms with E-state index in [4.69, 9.17) is 10.5 Å². The molecule has 4 aliphatic rings. The Kier molecular flexibility index (Phi) is 20.1. The molecule has 0 radical (unpaired) electrons. The van der Waals surface area contributed by atoms with Crippen LogP contribution >= 0.6 is 0 Å². The fourth-order valence-electron chi connectivity index (χ4n) is 9.49. The number of H-pyrrole nitrogens is 1. The third-order valence-corrected chi connectivity index (χ3v) is 15.9. The summed E-state index contributed by atoms with van der Waals surface area (Å²) in [6, 6.07) is -6.42. The molecule has 1 fully saturated rings. The molecule has 0 aliphatic carbocycles. The summed E-state index contributed by atoms with van der Waals surface area (Å²) in [7, 11) is -4.97. The van der Waals surface area contributed by atoms with Gasteiger partial charge in [-0.15, -0.1) is 0 Å². The summed E-state index contributed by atoms with van der Waals surface area (Å²) in [5.41, 5.74) is 5.41. The Morgan fingerprint density at radius 1 is 0.808 bits per heavy atom. The van der Waals surface area contributed by atoms with Gasteiger partial charge in [0.2, 0.25) is 53.2 Å². The predicted octanol–water partition coefficient (Wildman–Crippen LogP) is -5.10. The fraction of sp³-hybridized carbons (Fsp3) is 0.571. The van der Waals surface area contributed by atoms with Crippen molar-refractivity contribution < 1.29 is 81.2 Å². The number of aromatic amines is 1. The molecule has 28 nitrogen and oxygen atoms in total. The lowest BCUT2D eigenvalue weighted by atomic mass is 9.93. The van der Waals surface area contributed by atoms with E-state index in [9.17, 15) is 68.1 Å². The summed E-state index contributed by atoms with van der Waals surface area (Å²) >= 11 is 0. The molecule has 1 saturated heterocycles. The number of ether oxygens (including phenoxy) is 1. The summed E-state index contributed by atoms with van der Waals surface area (Å²) in [5.74, 6) is -13.8. The number of fused-ring (bicyclic) bond motifs is 5. The minimum atomic E-state index is -4.97. The van der Waals surface area contributed by atoms with E-state index < -0.39 is 180 Å². The average molecular weight is 1110 g/mol. The van der Waals surface area contributed by atoms with Gasteiger partial charge in [0.15, 0.2) is 9.84 Å². The number of hydrogen-bond donors (Lipinski definition) is 12. The van der Waals surface area contributed by atoms with Crippen LogP contribution in [0, 0.1) is 11.8 Å². The number of nitrogens with two attached hydrogens (primary N) is 1. The molecule has 1 aromatic carbocycles. The topological polar surface area (TPSA) is 424 Å². The van der Waals surface area contributed by atoms with Gasteiger partial charge >= 0.3 is 0 Å². The van der Waals surface area contributed by atoms with Gasteiger partial charge in [-0.1, -0.05) is 40.0 Å². The Morgan fingerprint density at radius 3 is 2.14 bits per heavy atom. The molecule has 0 saturated carbocycles. The zero-order valence-electron chi connectivity index (χ0n) is 43.2. The number of benzene rings is 1. The Labute approximate surface area is 447 Å². The Bertz CT molecular complexity index is 2800. The first-order valence-electron chi connectivity index (χ1n) is 25.6. The Hall–Kier alpha value is -7.50. The number of rotatable bonds is 15. The van der Waals surface area contributed by atoms with Gasteiger partial charge in [-0.2, -0.15) is 0 Å². The number of hydrogen-bond acceptors (Lipinski definition) is 17. The van der Waals surface area contributed by atoms with Gasteiger partial charge in [-0.05, 0) is 36.5 Å². The highest BCUT2D eigenvalue weighted by Crippen LogP contribution is 2.32. The molecule has 10 atom stereocenters. The molecular formula is C49H67N11O17S. The molecule has 0 spiro atoms. The highest BCUT2D eigenvalue weighted by atomic mass is 32.2. The zero-order valence-corrected chi connectivity index (χ0v) is 44.0. The number of aromatic nitrogens is 1. The summed E-state index contributed by atoms with van der Waals surface area (Å²) in [4.78, 5) is 154. The lowest BCUT2D eigenvalue weighted by molar-refractivity contribution is -0.144. The number of aliphatic hydroxyl groups is 3. The molecule has 4 aliphatic heterocycles. The van der Waals surface area contributed by atoms with Crippen LogP contribution in [0.1, 0.15) is 71.3 Å². The average Bonchev–Trinajstić information content (AvgIpc) is 4.12. The number of nitrogens with one attached hydrogen (secondary N) is 8. The molecule has 2 aromatic rings. The van der Waals surface area contributed by atoms with Crippen LogP contribution in [0.3, 0.4) is 0 Å². The maximum atomic E-state index is 15.0. The van der Waals surface area contributed by atoms with Gasteiger partial charge in [-0.25, -0.2) is 8.42 Å². The van der Waals surface area contributed by atoms with Gasteiger partial charge in [0.05, 0.1) is 56.2 Å². The number of carbonyl (C=O) groups is 11. The lowest BCUT2D eigenvalue weighted by Crippen LogP contribution is -2.62. The number of aliphatic hydroxyl groups excluding tert-OH is 3. The first-order valence-corrected chi connectivity index (χ1v) is 27.2. The molecule has 11 amide bonds. The fourth-order valence-corrected chi connectivity index (χ4v) is 11.2. The van der Waals surface area contributed by atoms with Crippen LogP contribution in [0.2, 0.25) is 0 Å². The second-order valence-electron chi connectivity index (χ2n) is 19.8. The number of sulfone groups is 1. The molecule has 13 N–H and O–H groups in total. The van der Waals surface area contributed by atoms with E-state index in [1.165, 1.54) is 37.3 Å². The van der Waals surface area contributed by atoms with Gasteiger partial charge in [0.1, 0.15) is 47.0 Å². The van der Waals surface area contributed by atoms with Crippen molar-refractivity contribution >= 4 is 85.7 Å². The lowest BCUT2D eigenvalue weighted by Gasteiger charge is -2.32. The van der Waals surface area contributed by atoms with Gasteiger partial charge in [-0.3, -0.25) is 57.6 Å². The quantitative estimate of drug-likeness (QED) is 0.0586. The van der Waals surface area contributed by atoms with E-state index in [0.29, 0.717) is 32.1 Å². The summed E-state index contributed by atoms with van der Waals surface area (Å²) < 4.78 is 36.1. The van der Waals surface area contributed by atoms with Crippen molar-refractivity contribution in [2.75, 3.05) is 45.1 Å². The van der Waals surface area contributed by atoms with Crippen molar-refractivity contribution in [3.05, 3.63) is 35.9 Å². The van der Waals surface area contributed by atoms with Crippen LogP contribution in [0.5, 0.6) is 5.75 Å². The number of amides is 11. The van der Waals surface area contributed by atoms with Gasteiger partial charge < -0.3 is 72.9 Å². The molecule has 6 rings (SSSR count). The van der Waals surface area contributed by atoms with Crippen LogP contribution in [0.25, 0.3) is 10.9 Å². The molecule has 29 heteroatoms. The monoisotopic (exact) mass is 1110 g/mol. The third kappa shape index (κ3) is 14.7. The minimum Gasteiger partial charge on any atom is -0.494 e. The maximum Gasteiger partial charge on any atom is 0.253 e. The normalized spacial score (nSPS) is 26.1. The standard InChI is InChI=1S/C49H67N11O17S/c1-4-24(2)41-46(72)52-19-37(65)53-33-23-78(75,76)48-29(28-10-9-27(16-30(28)56-48)77-14-8-6-5-7-13-59-39(67)11-12-40(59)68)17-31(43(69)51-20-38(66)57-41)54-47(73)42(25(3)35(63)22-61)58-45(71)34-15-26(62)21-60(34)49(74)32(18-36(50)64)55-44(33)70/h9-12,16,24-26,31-35,41-42,56,61-63H,4-8,13-15,17-23H2,1-3H3,(H2,50,64)(H,51,69)(H,52,72)(H,53,65)(H,54,73)(H,55,70)(H,57,66)(H,58,71)/t24-,25-,26+,31-,32-,33-,34-,35-,41-,42-/m0/s1. The minimum absolute atomic E-state index is 0.0832. The first kappa shape index (κ1) is 59.7. The SMILES string of the molecule is CC[C@H](C)[C@@H]1NC(=O)CNC(=O)[C@@H]2Cc3c([nH]c4cc(OCCCCCCN5C(=O)C=CC5=O)ccc34)S(=O)(=O)C[C@H](NC(=O)CNC1=O)C(=O)N[C@@H](CC(N)=O)C(=O)N1C[C@H](O)C[C@H]1C(=O)N[C@@H]([C@@H](C)[C@@H](O)CO)C(=O)N2. The third-order valence-electron chi connectivity index (χ3n) is 14.1. The van der Waals surface area contributed by atoms with Crippen molar-refractivity contribution in [3.8, 4) is 5.75 Å². The van der Waals surface area contributed by atoms with E-state index in [1.807, 2.05) is 0 Å². The largest absolute Gasteiger partial charge is 0.494 e. The zero-order chi connectivity index (χ0) is 57.2. The molecule has 426 valence electrons. The molecule has 2 bridgehead atoms. The molecule has 78 heavy (non-hydrogen) atoms. The number of carbonyl (C=O) groups excluding carboxylic acids is 11. The second-order valence-corrected chi connectivity index (χ2v) is 21.8. The predicted molar refractivity (Wildman–Crippen MR) is 271 cm³/mol. The summed E-state index contributed by atoms with van der Waals surface area (Å²) in [6.07, 6.45) is -0.139. The van der Waals surface area contributed by atoms with E-state index >= 15 is 8.42 Å². The van der Waals surface area contributed by atoms with Crippen LogP contribution < -0.4 is 47.7 Å². The van der Waals surface area contributed by atoms with Crippen LogP contribution in [0.15, 0.2) is 35.4 Å². The Balaban J connectivity index is 1.47. The van der Waals surface area contributed by atoms with Crippen LogP contribution in [-0.4, -0.2) is 197 Å². The molecule has 5 heterocycles. The molecule has 0 unspecified atom stereocenters. The highest BCUT2D eigenvalue weighted by molar-refractivity contribution is 7.91. The maximum absolute atomic E-state index is 15.0. The Morgan fingerprint density at radius 2 is 1.47 bits per heavy atom. The number of primary amides is 1. The van der Waals surface area contributed by atoms with Crippen molar-refractivity contribution in [3.63, 3.8) is 0 Å². The van der Waals surface area contributed by atoms with E-state index in [2.05, 4.69) is 42.2 Å². The molecule has 1 aromatic heterocycles. The van der Waals surface area contributed by atoms with Crippen molar-refractivity contribution in [1.82, 2.24) is 52.0 Å². The smallest absolute Gasteiger partial charge is 0.253 e. The first-order chi connectivity index (χ1) is 36.9. The number of imide groups is 1. The highest BCUT2D eigenvalue weighted by Gasteiger charge is 2.45. The second kappa shape index (κ2) is 26.2. The van der Waals surface area contributed by atoms with Gasteiger partial charge in [0, 0.05) is 55.5 Å². The molecular weight excluding hydrogens is 1050 g/mol. The number of unbranched alkanes of at least 4 members (excludes halogenated alkanes) is 3. The summed E-state index contributed by atoms with van der Waals surface area (Å²) in [6.45, 7) is 1.79. The summed E-state index contributed by atoms with van der Waals surface area (Å²) in [5, 5.41) is 47.9. The van der Waals surface area contributed by atoms with E-state index in [1.54, 1.807) is 13.8 Å². The van der Waals surface area contributed by atoms with Crippen molar-refractivity contribution in [1.29, 1.82) is 0 Å².